The second kappa shape index (κ2) is 8.93. The van der Waals surface area contributed by atoms with Crippen molar-refractivity contribution < 1.29 is 14.3 Å². The van der Waals surface area contributed by atoms with E-state index in [2.05, 4.69) is 10.6 Å². The fourth-order valence-corrected chi connectivity index (χ4v) is 2.29. The van der Waals surface area contributed by atoms with Gasteiger partial charge in [0.25, 0.3) is 0 Å². The van der Waals surface area contributed by atoms with Crippen LogP contribution < -0.4 is 15.4 Å². The molecule has 24 heavy (non-hydrogen) atoms. The topological polar surface area (TPSA) is 67.4 Å². The molecule has 0 aliphatic rings. The Balaban J connectivity index is 1.73. The summed E-state index contributed by atoms with van der Waals surface area (Å²) in [5.41, 5.74) is 1.81. The van der Waals surface area contributed by atoms with E-state index in [1.165, 1.54) is 0 Å². The summed E-state index contributed by atoms with van der Waals surface area (Å²) in [5.74, 6) is -0.554. The van der Waals surface area contributed by atoms with Crippen LogP contribution in [0.1, 0.15) is 11.1 Å². The Labute approximate surface area is 146 Å². The Hall–Kier alpha value is -2.53. The minimum Gasteiger partial charge on any atom is -0.497 e. The Morgan fingerprint density at radius 1 is 1.00 bits per heavy atom. The smallest absolute Gasteiger partial charge is 0.309 e. The monoisotopic (exact) mass is 346 g/mol. The van der Waals surface area contributed by atoms with Crippen LogP contribution in [0.15, 0.2) is 48.5 Å². The average Bonchev–Trinajstić information content (AvgIpc) is 2.61. The average molecular weight is 347 g/mol. The number of hydrogen-bond acceptors (Lipinski definition) is 3. The van der Waals surface area contributed by atoms with Crippen molar-refractivity contribution in [3.05, 3.63) is 64.7 Å². The van der Waals surface area contributed by atoms with Crippen molar-refractivity contribution >= 4 is 23.4 Å². The maximum absolute atomic E-state index is 11.8. The highest BCUT2D eigenvalue weighted by Gasteiger charge is 2.12. The number of benzene rings is 2. The number of amides is 2. The van der Waals surface area contributed by atoms with Crippen LogP contribution in [0, 0.1) is 0 Å². The summed E-state index contributed by atoms with van der Waals surface area (Å²) in [4.78, 5) is 23.5. The van der Waals surface area contributed by atoms with Crippen LogP contribution in [-0.4, -0.2) is 25.5 Å². The molecule has 2 aromatic carbocycles. The highest BCUT2D eigenvalue weighted by molar-refractivity contribution is 6.35. The maximum Gasteiger partial charge on any atom is 0.309 e. The lowest BCUT2D eigenvalue weighted by molar-refractivity contribution is -0.139. The van der Waals surface area contributed by atoms with Crippen molar-refractivity contribution in [1.29, 1.82) is 0 Å². The van der Waals surface area contributed by atoms with E-state index in [9.17, 15) is 9.59 Å². The van der Waals surface area contributed by atoms with Crippen LogP contribution in [0.5, 0.6) is 5.75 Å². The van der Waals surface area contributed by atoms with Gasteiger partial charge in [0.1, 0.15) is 5.75 Å². The highest BCUT2D eigenvalue weighted by atomic mass is 35.5. The zero-order chi connectivity index (χ0) is 17.4. The minimum absolute atomic E-state index is 0.213. The van der Waals surface area contributed by atoms with Crippen LogP contribution in [0.25, 0.3) is 0 Å². The third kappa shape index (κ3) is 5.28. The summed E-state index contributed by atoms with van der Waals surface area (Å²) in [6.07, 6.45) is 0.632. The number of nitrogens with one attached hydrogen (secondary N) is 2. The quantitative estimate of drug-likeness (QED) is 0.789. The van der Waals surface area contributed by atoms with Crippen LogP contribution in [-0.2, 0) is 22.6 Å². The van der Waals surface area contributed by atoms with Crippen LogP contribution in [0.2, 0.25) is 5.02 Å². The largest absolute Gasteiger partial charge is 0.497 e. The van der Waals surface area contributed by atoms with Crippen LogP contribution in [0.3, 0.4) is 0 Å². The summed E-state index contributed by atoms with van der Waals surface area (Å²) in [7, 11) is 1.61. The summed E-state index contributed by atoms with van der Waals surface area (Å²) in [6, 6.07) is 14.7. The van der Waals surface area contributed by atoms with E-state index in [-0.39, 0.29) is 6.54 Å². The third-order valence-electron chi connectivity index (χ3n) is 3.46. The summed E-state index contributed by atoms with van der Waals surface area (Å²) in [6.45, 7) is 0.592. The second-order valence-corrected chi connectivity index (χ2v) is 5.54. The summed E-state index contributed by atoms with van der Waals surface area (Å²) >= 11 is 6.00. The standard InChI is InChI=1S/C18H19ClN2O3/c1-24-15-8-6-13(7-9-15)10-11-20-17(22)18(23)21-12-14-4-2-3-5-16(14)19/h2-9H,10-12H2,1H3,(H,20,22)(H,21,23). The minimum atomic E-state index is -0.676. The van der Waals surface area contributed by atoms with Gasteiger partial charge in [-0.2, -0.15) is 0 Å². The first-order valence-corrected chi connectivity index (χ1v) is 7.90. The molecule has 2 aromatic rings. The maximum atomic E-state index is 11.8. The molecule has 2 N–H and O–H groups in total. The molecule has 0 unspecified atom stereocenters. The molecule has 0 heterocycles. The van der Waals surface area contributed by atoms with E-state index in [0.717, 1.165) is 16.9 Å². The number of carbonyl (C=O) groups is 2. The normalized spacial score (nSPS) is 10.1. The van der Waals surface area contributed by atoms with E-state index in [0.29, 0.717) is 18.0 Å². The molecule has 6 heteroatoms. The van der Waals surface area contributed by atoms with Gasteiger partial charge in [0.2, 0.25) is 0 Å². The number of methoxy groups -OCH3 is 1. The number of hydrogen-bond donors (Lipinski definition) is 2. The molecule has 0 fully saturated rings. The molecule has 0 saturated carbocycles. The fourth-order valence-electron chi connectivity index (χ4n) is 2.09. The Bertz CT molecular complexity index is 702. The van der Waals surface area contributed by atoms with Crippen molar-refractivity contribution in [2.24, 2.45) is 0 Å². The van der Waals surface area contributed by atoms with E-state index in [4.69, 9.17) is 16.3 Å². The predicted octanol–water partition coefficient (Wildman–Crippen LogP) is 2.32. The van der Waals surface area contributed by atoms with E-state index in [1.54, 1.807) is 25.3 Å². The van der Waals surface area contributed by atoms with Gasteiger partial charge in [-0.25, -0.2) is 0 Å². The second-order valence-electron chi connectivity index (χ2n) is 5.13. The van der Waals surface area contributed by atoms with Gasteiger partial charge in [0.15, 0.2) is 0 Å². The Morgan fingerprint density at radius 3 is 2.33 bits per heavy atom. The molecule has 0 aromatic heterocycles. The molecule has 0 spiro atoms. The molecule has 0 aliphatic carbocycles. The molecule has 2 amide bonds. The zero-order valence-electron chi connectivity index (χ0n) is 13.3. The third-order valence-corrected chi connectivity index (χ3v) is 3.83. The first kappa shape index (κ1) is 17.8. The van der Waals surface area contributed by atoms with Crippen molar-refractivity contribution in [2.45, 2.75) is 13.0 Å². The van der Waals surface area contributed by atoms with E-state index >= 15 is 0 Å². The number of ether oxygens (including phenoxy) is 1. The molecule has 0 saturated heterocycles. The molecule has 0 atom stereocenters. The highest BCUT2D eigenvalue weighted by Crippen LogP contribution is 2.14. The van der Waals surface area contributed by atoms with Gasteiger partial charge in [0.05, 0.1) is 7.11 Å². The van der Waals surface area contributed by atoms with E-state index < -0.39 is 11.8 Å². The number of rotatable bonds is 6. The zero-order valence-corrected chi connectivity index (χ0v) is 14.1. The summed E-state index contributed by atoms with van der Waals surface area (Å²) in [5, 5.41) is 5.70. The SMILES string of the molecule is COc1ccc(CCNC(=O)C(=O)NCc2ccccc2Cl)cc1. The van der Waals surface area contributed by atoms with Gasteiger partial charge in [-0.15, -0.1) is 0 Å². The Morgan fingerprint density at radius 2 is 1.67 bits per heavy atom. The lowest BCUT2D eigenvalue weighted by atomic mass is 10.1. The predicted molar refractivity (Wildman–Crippen MR) is 93.0 cm³/mol. The first-order chi connectivity index (χ1) is 11.6. The van der Waals surface area contributed by atoms with Gasteiger partial charge < -0.3 is 15.4 Å². The van der Waals surface area contributed by atoms with Crippen molar-refractivity contribution in [1.82, 2.24) is 10.6 Å². The fraction of sp³-hybridized carbons (Fsp3) is 0.222. The molecular formula is C18H19ClN2O3. The molecule has 2 rings (SSSR count). The lowest BCUT2D eigenvalue weighted by Gasteiger charge is -2.08. The first-order valence-electron chi connectivity index (χ1n) is 7.52. The number of carbonyl (C=O) groups excluding carboxylic acids is 2. The molecule has 0 bridgehead atoms. The molecule has 5 nitrogen and oxygen atoms in total. The Kier molecular flexibility index (Phi) is 6.63. The molecular weight excluding hydrogens is 328 g/mol. The van der Waals surface area contributed by atoms with Crippen LogP contribution in [0.4, 0.5) is 0 Å². The molecule has 0 aliphatic heterocycles. The van der Waals surface area contributed by atoms with E-state index in [1.807, 2.05) is 30.3 Å². The van der Waals surface area contributed by atoms with Crippen molar-refractivity contribution in [3.63, 3.8) is 0 Å². The van der Waals surface area contributed by atoms with Gasteiger partial charge in [0, 0.05) is 18.1 Å². The van der Waals surface area contributed by atoms with Crippen molar-refractivity contribution in [2.75, 3.05) is 13.7 Å². The van der Waals surface area contributed by atoms with Crippen LogP contribution >= 0.6 is 11.6 Å². The van der Waals surface area contributed by atoms with Gasteiger partial charge in [-0.3, -0.25) is 9.59 Å². The molecule has 126 valence electrons. The van der Waals surface area contributed by atoms with Gasteiger partial charge in [-0.1, -0.05) is 41.9 Å². The summed E-state index contributed by atoms with van der Waals surface area (Å²) < 4.78 is 5.08. The lowest BCUT2D eigenvalue weighted by Crippen LogP contribution is -2.40. The van der Waals surface area contributed by atoms with Crippen molar-refractivity contribution in [3.8, 4) is 5.75 Å². The molecule has 0 radical (unpaired) electrons. The van der Waals surface area contributed by atoms with Gasteiger partial charge in [-0.05, 0) is 35.7 Å². The number of halogens is 1. The van der Waals surface area contributed by atoms with Gasteiger partial charge >= 0.3 is 11.8 Å².